The van der Waals surface area contributed by atoms with Gasteiger partial charge in [-0.2, -0.15) is 5.10 Å². The van der Waals surface area contributed by atoms with Crippen molar-refractivity contribution in [3.8, 4) is 11.5 Å². The van der Waals surface area contributed by atoms with E-state index in [2.05, 4.69) is 10.1 Å². The number of nitrogens with zero attached hydrogens (tertiary/aromatic N) is 4. The zero-order valence-corrected chi connectivity index (χ0v) is 18.6. The predicted molar refractivity (Wildman–Crippen MR) is 122 cm³/mol. The third-order valence-corrected chi connectivity index (χ3v) is 5.13. The average molecular weight is 448 g/mol. The zero-order chi connectivity index (χ0) is 23.6. The van der Waals surface area contributed by atoms with Crippen molar-refractivity contribution in [2.75, 3.05) is 6.61 Å². The van der Waals surface area contributed by atoms with Gasteiger partial charge in [-0.15, -0.1) is 0 Å². The summed E-state index contributed by atoms with van der Waals surface area (Å²) in [7, 11) is 0. The van der Waals surface area contributed by atoms with Crippen LogP contribution in [0.1, 0.15) is 48.7 Å². The molecule has 0 N–H and O–H groups in total. The van der Waals surface area contributed by atoms with Crippen LogP contribution in [0.15, 0.2) is 49.1 Å². The van der Waals surface area contributed by atoms with Gasteiger partial charge in [-0.25, -0.2) is 9.67 Å². The van der Waals surface area contributed by atoms with E-state index < -0.39 is 10.5 Å². The number of fused-ring (bicyclic) bond motifs is 1. The first-order chi connectivity index (χ1) is 15.8. The van der Waals surface area contributed by atoms with Gasteiger partial charge in [0.25, 0.3) is 5.69 Å². The van der Waals surface area contributed by atoms with Crippen molar-refractivity contribution < 1.29 is 19.2 Å². The number of rotatable bonds is 8. The van der Waals surface area contributed by atoms with E-state index in [-0.39, 0.29) is 17.2 Å². The van der Waals surface area contributed by atoms with Gasteiger partial charge in [0.1, 0.15) is 24.0 Å². The van der Waals surface area contributed by atoms with Gasteiger partial charge in [-0.05, 0) is 44.0 Å². The van der Waals surface area contributed by atoms with Crippen molar-refractivity contribution in [1.29, 1.82) is 0 Å². The maximum absolute atomic E-state index is 13.7. The Kier molecular flexibility index (Phi) is 5.95. The molecule has 9 heteroatoms. The number of ketones is 1. The molecule has 1 aliphatic heterocycles. The Labute approximate surface area is 190 Å². The fourth-order valence-electron chi connectivity index (χ4n) is 3.73. The summed E-state index contributed by atoms with van der Waals surface area (Å²) < 4.78 is 13.3. The fraction of sp³-hybridized carbons (Fsp3) is 0.292. The van der Waals surface area contributed by atoms with Gasteiger partial charge in [0.15, 0.2) is 11.5 Å². The number of hydrogen-bond acceptors (Lipinski definition) is 7. The van der Waals surface area contributed by atoms with Crippen molar-refractivity contribution in [2.24, 2.45) is 0 Å². The quantitative estimate of drug-likeness (QED) is 0.215. The van der Waals surface area contributed by atoms with Gasteiger partial charge in [0.05, 0.1) is 11.5 Å². The van der Waals surface area contributed by atoms with Crippen LogP contribution in [0.25, 0.3) is 11.8 Å². The number of non-ortho nitro benzene ring substituents is 1. The third kappa shape index (κ3) is 4.77. The molecule has 0 radical (unpaired) electrons. The Morgan fingerprint density at radius 3 is 2.85 bits per heavy atom. The minimum atomic E-state index is -0.478. The highest BCUT2D eigenvalue weighted by atomic mass is 16.6. The van der Waals surface area contributed by atoms with Crippen LogP contribution in [0.5, 0.6) is 11.5 Å². The van der Waals surface area contributed by atoms with E-state index in [0.717, 1.165) is 12.0 Å². The molecule has 4 rings (SSSR count). The van der Waals surface area contributed by atoms with Gasteiger partial charge in [0.2, 0.25) is 5.78 Å². The van der Waals surface area contributed by atoms with Crippen LogP contribution in [0.3, 0.4) is 0 Å². The smallest absolute Gasteiger partial charge is 0.270 e. The number of hydrogen-bond donors (Lipinski definition) is 0. The molecule has 2 aromatic carbocycles. The average Bonchev–Trinajstić information content (AvgIpc) is 3.42. The first kappa shape index (κ1) is 22.2. The first-order valence-electron chi connectivity index (χ1n) is 10.6. The molecule has 3 aromatic rings. The molecule has 0 fully saturated rings. The maximum atomic E-state index is 13.7. The fourth-order valence-corrected chi connectivity index (χ4v) is 3.73. The molecule has 0 saturated heterocycles. The normalized spacial score (nSPS) is 14.5. The highest BCUT2D eigenvalue weighted by molar-refractivity contribution is 6.28. The van der Waals surface area contributed by atoms with E-state index in [4.69, 9.17) is 9.47 Å². The van der Waals surface area contributed by atoms with Crippen LogP contribution in [-0.4, -0.2) is 37.7 Å². The Morgan fingerprint density at radius 1 is 1.33 bits per heavy atom. The van der Waals surface area contributed by atoms with Crippen LogP contribution >= 0.6 is 0 Å². The summed E-state index contributed by atoms with van der Waals surface area (Å²) in [5.74, 6) is 0.868. The second-order valence-electron chi connectivity index (χ2n) is 8.40. The maximum Gasteiger partial charge on any atom is 0.270 e. The molecule has 0 aliphatic carbocycles. The molecule has 1 aromatic heterocycles. The monoisotopic (exact) mass is 448 g/mol. The number of carbonyl (C=O) groups excluding carboxylic acids is 1. The zero-order valence-electron chi connectivity index (χ0n) is 18.6. The molecule has 0 amide bonds. The molecule has 170 valence electrons. The van der Waals surface area contributed by atoms with E-state index in [1.165, 1.54) is 29.5 Å². The van der Waals surface area contributed by atoms with Crippen LogP contribution in [0.4, 0.5) is 5.69 Å². The topological polar surface area (TPSA) is 109 Å². The Hall–Kier alpha value is -4.01. The van der Waals surface area contributed by atoms with Gasteiger partial charge in [-0.3, -0.25) is 14.9 Å². The number of nitro benzene ring substituents is 1. The molecule has 33 heavy (non-hydrogen) atoms. The molecule has 9 nitrogen and oxygen atoms in total. The molecule has 0 spiro atoms. The summed E-state index contributed by atoms with van der Waals surface area (Å²) in [6.07, 6.45) is 5.75. The number of carbonyl (C=O) groups is 1. The van der Waals surface area contributed by atoms with Gasteiger partial charge in [0, 0.05) is 29.7 Å². The number of allylic oxidation sites excluding steroid dienone is 1. The number of nitro groups is 1. The number of Topliss-reactive ketones (excluding diaryl/α,β-unsaturated/α-hetero) is 1. The lowest BCUT2D eigenvalue weighted by Crippen LogP contribution is -2.24. The molecule has 0 saturated carbocycles. The highest BCUT2D eigenvalue weighted by Gasteiger charge is 2.34. The molecule has 1 aliphatic rings. The lowest BCUT2D eigenvalue weighted by molar-refractivity contribution is -0.384. The second-order valence-corrected chi connectivity index (χ2v) is 8.40. The molecule has 0 atom stereocenters. The van der Waals surface area contributed by atoms with Crippen molar-refractivity contribution in [1.82, 2.24) is 14.8 Å². The standard InChI is InChI=1S/C24H24N4O5/c1-4-8-32-21-12-17(11-18-13-24(2,3)33-23(18)21)22(29)20(27-15-25-14-26-27)10-16-6-5-7-19(9-16)28(30)31/h5-7,9-12,14-15H,4,8,13H2,1-3H3. The number of aromatic nitrogens is 3. The highest BCUT2D eigenvalue weighted by Crippen LogP contribution is 2.43. The van der Waals surface area contributed by atoms with Crippen LogP contribution in [-0.2, 0) is 6.42 Å². The Balaban J connectivity index is 1.79. The van der Waals surface area contributed by atoms with Crippen molar-refractivity contribution >= 4 is 23.2 Å². The van der Waals surface area contributed by atoms with Crippen LogP contribution < -0.4 is 9.47 Å². The van der Waals surface area contributed by atoms with E-state index in [1.54, 1.807) is 24.3 Å². The molecular weight excluding hydrogens is 424 g/mol. The second kappa shape index (κ2) is 8.85. The van der Waals surface area contributed by atoms with E-state index in [9.17, 15) is 14.9 Å². The summed E-state index contributed by atoms with van der Waals surface area (Å²) in [6, 6.07) is 9.54. The van der Waals surface area contributed by atoms with Gasteiger partial charge in [-0.1, -0.05) is 19.1 Å². The lowest BCUT2D eigenvalue weighted by Gasteiger charge is -2.18. The minimum absolute atomic E-state index is 0.0682. The Morgan fingerprint density at radius 2 is 2.15 bits per heavy atom. The van der Waals surface area contributed by atoms with Gasteiger partial charge < -0.3 is 9.47 Å². The lowest BCUT2D eigenvalue weighted by atomic mass is 9.97. The predicted octanol–water partition coefficient (Wildman–Crippen LogP) is 4.57. The third-order valence-electron chi connectivity index (χ3n) is 5.13. The minimum Gasteiger partial charge on any atom is -0.490 e. The van der Waals surface area contributed by atoms with E-state index >= 15 is 0 Å². The molecular formula is C24H24N4O5. The van der Waals surface area contributed by atoms with Crippen LogP contribution in [0, 0.1) is 10.1 Å². The Bertz CT molecular complexity index is 1230. The summed E-state index contributed by atoms with van der Waals surface area (Å²) >= 11 is 0. The number of ether oxygens (including phenoxy) is 2. The molecule has 0 unspecified atom stereocenters. The summed E-state index contributed by atoms with van der Waals surface area (Å²) in [5.41, 5.74) is 1.53. The van der Waals surface area contributed by atoms with E-state index in [0.29, 0.717) is 35.7 Å². The summed E-state index contributed by atoms with van der Waals surface area (Å²) in [6.45, 7) is 6.47. The largest absolute Gasteiger partial charge is 0.490 e. The van der Waals surface area contributed by atoms with Crippen molar-refractivity contribution in [3.05, 3.63) is 75.9 Å². The SMILES string of the molecule is CCCOc1cc(C(=O)C(=Cc2cccc([N+](=O)[O-])c2)n2cncn2)cc2c1OC(C)(C)C2. The van der Waals surface area contributed by atoms with Gasteiger partial charge >= 0.3 is 0 Å². The first-order valence-corrected chi connectivity index (χ1v) is 10.6. The van der Waals surface area contributed by atoms with Crippen LogP contribution in [0.2, 0.25) is 0 Å². The summed E-state index contributed by atoms with van der Waals surface area (Å²) in [5, 5.41) is 15.3. The van der Waals surface area contributed by atoms with E-state index in [1.807, 2.05) is 26.8 Å². The molecule has 2 heterocycles. The van der Waals surface area contributed by atoms with Crippen molar-refractivity contribution in [3.63, 3.8) is 0 Å². The number of benzene rings is 2. The van der Waals surface area contributed by atoms with Crippen molar-refractivity contribution in [2.45, 2.75) is 39.2 Å². The molecule has 0 bridgehead atoms. The summed E-state index contributed by atoms with van der Waals surface area (Å²) in [4.78, 5) is 28.3.